The summed E-state index contributed by atoms with van der Waals surface area (Å²) in [5.74, 6) is 1.18. The molecule has 0 saturated carbocycles. The van der Waals surface area contributed by atoms with Crippen LogP contribution in [-0.2, 0) is 20.9 Å². The smallest absolute Gasteiger partial charge is 0.306 e. The molecular formula is C22H27NO6. The first kappa shape index (κ1) is 22.1. The molecule has 1 N–H and O–H groups in total. The Morgan fingerprint density at radius 1 is 0.931 bits per heavy atom. The van der Waals surface area contributed by atoms with Crippen molar-refractivity contribution in [3.05, 3.63) is 54.1 Å². The number of methoxy groups -OCH3 is 1. The summed E-state index contributed by atoms with van der Waals surface area (Å²) in [4.78, 5) is 23.7. The van der Waals surface area contributed by atoms with Crippen molar-refractivity contribution in [2.75, 3.05) is 26.9 Å². The maximum absolute atomic E-state index is 11.9. The van der Waals surface area contributed by atoms with Gasteiger partial charge in [-0.2, -0.15) is 0 Å². The SMILES string of the molecule is CCOc1ccccc1OCCCC(=O)OCC(=O)NCc1ccccc1OC. The lowest BCUT2D eigenvalue weighted by atomic mass is 10.2. The van der Waals surface area contributed by atoms with E-state index < -0.39 is 5.97 Å². The second-order valence-electron chi connectivity index (χ2n) is 6.08. The van der Waals surface area contributed by atoms with Gasteiger partial charge < -0.3 is 24.3 Å². The van der Waals surface area contributed by atoms with Crippen molar-refractivity contribution in [1.29, 1.82) is 0 Å². The molecule has 0 bridgehead atoms. The standard InChI is InChI=1S/C22H27NO6/c1-3-27-19-11-6-7-12-20(19)28-14-8-13-22(25)29-16-21(24)23-15-17-9-4-5-10-18(17)26-2/h4-7,9-12H,3,8,13-16H2,1-2H3,(H,23,24). The van der Waals surface area contributed by atoms with Crippen LogP contribution in [0.4, 0.5) is 0 Å². The zero-order chi connectivity index (χ0) is 20.9. The molecule has 1 amide bonds. The molecule has 7 heteroatoms. The van der Waals surface area contributed by atoms with Crippen molar-refractivity contribution in [2.24, 2.45) is 0 Å². The summed E-state index contributed by atoms with van der Waals surface area (Å²) in [5, 5.41) is 2.70. The van der Waals surface area contributed by atoms with E-state index in [0.717, 1.165) is 5.56 Å². The highest BCUT2D eigenvalue weighted by molar-refractivity contribution is 5.80. The molecule has 0 aliphatic carbocycles. The molecule has 0 heterocycles. The highest BCUT2D eigenvalue weighted by Crippen LogP contribution is 2.26. The number of hydrogen-bond acceptors (Lipinski definition) is 6. The van der Waals surface area contributed by atoms with Crippen molar-refractivity contribution in [1.82, 2.24) is 5.32 Å². The van der Waals surface area contributed by atoms with Gasteiger partial charge in [0.15, 0.2) is 18.1 Å². The van der Waals surface area contributed by atoms with E-state index in [-0.39, 0.29) is 18.9 Å². The number of ether oxygens (including phenoxy) is 4. The largest absolute Gasteiger partial charge is 0.496 e. The quantitative estimate of drug-likeness (QED) is 0.435. The van der Waals surface area contributed by atoms with Crippen LogP contribution in [0.2, 0.25) is 0 Å². The minimum absolute atomic E-state index is 0.163. The third kappa shape index (κ3) is 7.73. The van der Waals surface area contributed by atoms with Crippen LogP contribution in [0, 0.1) is 0 Å². The van der Waals surface area contributed by atoms with Gasteiger partial charge in [-0.1, -0.05) is 30.3 Å². The van der Waals surface area contributed by atoms with Gasteiger partial charge in [0.25, 0.3) is 5.91 Å². The van der Waals surface area contributed by atoms with E-state index in [1.54, 1.807) is 7.11 Å². The predicted octanol–water partition coefficient (Wildman–Crippen LogP) is 3.11. The Bertz CT molecular complexity index is 792. The molecule has 0 radical (unpaired) electrons. The molecule has 0 atom stereocenters. The van der Waals surface area contributed by atoms with Gasteiger partial charge in [0.1, 0.15) is 5.75 Å². The van der Waals surface area contributed by atoms with Crippen molar-refractivity contribution >= 4 is 11.9 Å². The average molecular weight is 401 g/mol. The summed E-state index contributed by atoms with van der Waals surface area (Å²) < 4.78 is 21.4. The summed E-state index contributed by atoms with van der Waals surface area (Å²) in [5.41, 5.74) is 0.846. The van der Waals surface area contributed by atoms with Crippen LogP contribution in [-0.4, -0.2) is 38.8 Å². The lowest BCUT2D eigenvalue weighted by Crippen LogP contribution is -2.28. The lowest BCUT2D eigenvalue weighted by Gasteiger charge is -2.11. The van der Waals surface area contributed by atoms with Gasteiger partial charge in [-0.25, -0.2) is 0 Å². The fourth-order valence-electron chi connectivity index (χ4n) is 2.55. The number of para-hydroxylation sites is 3. The van der Waals surface area contributed by atoms with Gasteiger partial charge in [0, 0.05) is 18.5 Å². The lowest BCUT2D eigenvalue weighted by molar-refractivity contribution is -0.148. The van der Waals surface area contributed by atoms with Gasteiger partial charge in [-0.3, -0.25) is 9.59 Å². The second kappa shape index (κ2) is 12.3. The van der Waals surface area contributed by atoms with E-state index in [1.165, 1.54) is 0 Å². The molecule has 0 aromatic heterocycles. The first-order chi connectivity index (χ1) is 14.1. The zero-order valence-electron chi connectivity index (χ0n) is 16.8. The number of amides is 1. The van der Waals surface area contributed by atoms with Gasteiger partial charge in [0.05, 0.1) is 20.3 Å². The topological polar surface area (TPSA) is 83.1 Å². The van der Waals surface area contributed by atoms with Crippen LogP contribution in [0.5, 0.6) is 17.2 Å². The highest BCUT2D eigenvalue weighted by Gasteiger charge is 2.09. The number of hydrogen-bond donors (Lipinski definition) is 1. The molecule has 2 aromatic carbocycles. The fourth-order valence-corrected chi connectivity index (χ4v) is 2.55. The summed E-state index contributed by atoms with van der Waals surface area (Å²) in [6.07, 6.45) is 0.638. The normalized spacial score (nSPS) is 10.1. The predicted molar refractivity (Wildman–Crippen MR) is 108 cm³/mol. The molecule has 2 rings (SSSR count). The van der Waals surface area contributed by atoms with Crippen LogP contribution in [0.15, 0.2) is 48.5 Å². The number of benzene rings is 2. The minimum atomic E-state index is -0.445. The molecule has 7 nitrogen and oxygen atoms in total. The Kier molecular flexibility index (Phi) is 9.35. The van der Waals surface area contributed by atoms with Crippen LogP contribution in [0.3, 0.4) is 0 Å². The Hall–Kier alpha value is -3.22. The van der Waals surface area contributed by atoms with E-state index in [2.05, 4.69) is 5.32 Å². The molecule has 2 aromatic rings. The number of nitrogens with one attached hydrogen (secondary N) is 1. The summed E-state index contributed by atoms with van der Waals surface area (Å²) in [6.45, 7) is 2.78. The van der Waals surface area contributed by atoms with Crippen molar-refractivity contribution in [3.63, 3.8) is 0 Å². The van der Waals surface area contributed by atoms with E-state index >= 15 is 0 Å². The van der Waals surface area contributed by atoms with Crippen LogP contribution in [0.1, 0.15) is 25.3 Å². The minimum Gasteiger partial charge on any atom is -0.496 e. The Balaban J connectivity index is 1.62. The molecule has 156 valence electrons. The molecular weight excluding hydrogens is 374 g/mol. The van der Waals surface area contributed by atoms with Gasteiger partial charge in [0.2, 0.25) is 0 Å². The molecule has 0 aliphatic heterocycles. The number of esters is 1. The van der Waals surface area contributed by atoms with Gasteiger partial charge in [-0.15, -0.1) is 0 Å². The average Bonchev–Trinajstić information content (AvgIpc) is 2.75. The summed E-state index contributed by atoms with van der Waals surface area (Å²) in [6, 6.07) is 14.8. The van der Waals surface area contributed by atoms with Gasteiger partial charge in [-0.05, 0) is 31.5 Å². The first-order valence-electron chi connectivity index (χ1n) is 9.53. The van der Waals surface area contributed by atoms with Crippen molar-refractivity contribution in [2.45, 2.75) is 26.3 Å². The Morgan fingerprint density at radius 2 is 1.59 bits per heavy atom. The molecule has 29 heavy (non-hydrogen) atoms. The van der Waals surface area contributed by atoms with E-state index in [0.29, 0.717) is 43.4 Å². The van der Waals surface area contributed by atoms with Crippen molar-refractivity contribution < 1.29 is 28.5 Å². The fraction of sp³-hybridized carbons (Fsp3) is 0.364. The number of carbonyl (C=O) groups excluding carboxylic acids is 2. The van der Waals surface area contributed by atoms with Crippen molar-refractivity contribution in [3.8, 4) is 17.2 Å². The molecule has 0 fully saturated rings. The third-order valence-electron chi connectivity index (χ3n) is 3.96. The molecule has 0 spiro atoms. The molecule has 0 saturated heterocycles. The van der Waals surface area contributed by atoms with Gasteiger partial charge >= 0.3 is 5.97 Å². The molecule has 0 aliphatic rings. The van der Waals surface area contributed by atoms with Crippen LogP contribution < -0.4 is 19.5 Å². The van der Waals surface area contributed by atoms with Crippen LogP contribution >= 0.6 is 0 Å². The summed E-state index contributed by atoms with van der Waals surface area (Å²) >= 11 is 0. The summed E-state index contributed by atoms with van der Waals surface area (Å²) in [7, 11) is 1.57. The maximum atomic E-state index is 11.9. The number of rotatable bonds is 12. The molecule has 0 unspecified atom stereocenters. The Morgan fingerprint density at radius 3 is 2.28 bits per heavy atom. The monoisotopic (exact) mass is 401 g/mol. The first-order valence-corrected chi connectivity index (χ1v) is 9.53. The van der Waals surface area contributed by atoms with E-state index in [9.17, 15) is 9.59 Å². The van der Waals surface area contributed by atoms with E-state index in [1.807, 2.05) is 55.5 Å². The third-order valence-corrected chi connectivity index (χ3v) is 3.96. The Labute approximate surface area is 170 Å². The zero-order valence-corrected chi connectivity index (χ0v) is 16.8. The highest BCUT2D eigenvalue weighted by atomic mass is 16.5. The number of carbonyl (C=O) groups is 2. The maximum Gasteiger partial charge on any atom is 0.306 e. The van der Waals surface area contributed by atoms with Crippen LogP contribution in [0.25, 0.3) is 0 Å². The second-order valence-corrected chi connectivity index (χ2v) is 6.08. The van der Waals surface area contributed by atoms with E-state index in [4.69, 9.17) is 18.9 Å².